The standard InChI is InChI=1S/C17H16ClN3O2/c1-23-15-8-7-12(18)10-13(15)17(22)21-20-14-6-2-4-11-5-3-9-19-16(11)14/h3,5,7-10H,2,4,6H2,1H3,(H,21,22)/b20-14+. The average molecular weight is 330 g/mol. The van der Waals surface area contributed by atoms with Gasteiger partial charge >= 0.3 is 0 Å². The number of carbonyl (C=O) groups excluding carboxylic acids is 1. The molecule has 2 aromatic rings. The number of fused-ring (bicyclic) bond motifs is 1. The molecule has 1 aromatic carbocycles. The number of aromatic nitrogens is 1. The number of carbonyl (C=O) groups is 1. The Hall–Kier alpha value is -2.40. The molecule has 0 bridgehead atoms. The van der Waals surface area contributed by atoms with Crippen LogP contribution in [-0.4, -0.2) is 23.7 Å². The van der Waals surface area contributed by atoms with Crippen LogP contribution in [0.15, 0.2) is 41.6 Å². The predicted octanol–water partition coefficient (Wildman–Crippen LogP) is 3.21. The molecule has 0 aliphatic heterocycles. The molecule has 0 atom stereocenters. The molecule has 1 heterocycles. The third-order valence-electron chi connectivity index (χ3n) is 3.72. The number of rotatable bonds is 3. The summed E-state index contributed by atoms with van der Waals surface area (Å²) in [6.07, 6.45) is 4.50. The second kappa shape index (κ2) is 6.79. The summed E-state index contributed by atoms with van der Waals surface area (Å²) in [5.74, 6) is 0.0918. The number of aryl methyl sites for hydroxylation is 1. The fourth-order valence-corrected chi connectivity index (χ4v) is 2.78. The number of methoxy groups -OCH3 is 1. The molecule has 0 unspecified atom stereocenters. The molecule has 1 N–H and O–H groups in total. The summed E-state index contributed by atoms with van der Waals surface area (Å²) in [5.41, 5.74) is 5.74. The largest absolute Gasteiger partial charge is 0.496 e. The highest BCUT2D eigenvalue weighted by Gasteiger charge is 2.18. The van der Waals surface area contributed by atoms with Crippen LogP contribution in [0.4, 0.5) is 0 Å². The van der Waals surface area contributed by atoms with Crippen molar-refractivity contribution in [1.29, 1.82) is 0 Å². The van der Waals surface area contributed by atoms with E-state index in [-0.39, 0.29) is 5.91 Å². The van der Waals surface area contributed by atoms with Gasteiger partial charge in [0.2, 0.25) is 0 Å². The highest BCUT2D eigenvalue weighted by atomic mass is 35.5. The van der Waals surface area contributed by atoms with E-state index in [1.54, 1.807) is 24.4 Å². The third kappa shape index (κ3) is 3.35. The van der Waals surface area contributed by atoms with Crippen LogP contribution in [0, 0.1) is 0 Å². The molecule has 1 aliphatic rings. The number of benzene rings is 1. The second-order valence-corrected chi connectivity index (χ2v) is 5.65. The van der Waals surface area contributed by atoms with Crippen molar-refractivity contribution in [2.45, 2.75) is 19.3 Å². The molecule has 1 aliphatic carbocycles. The van der Waals surface area contributed by atoms with Crippen molar-refractivity contribution < 1.29 is 9.53 Å². The van der Waals surface area contributed by atoms with Crippen molar-refractivity contribution in [2.24, 2.45) is 5.10 Å². The lowest BCUT2D eigenvalue weighted by atomic mass is 9.95. The van der Waals surface area contributed by atoms with Crippen molar-refractivity contribution in [3.63, 3.8) is 0 Å². The van der Waals surface area contributed by atoms with Crippen LogP contribution in [-0.2, 0) is 6.42 Å². The minimum absolute atomic E-state index is 0.349. The first kappa shape index (κ1) is 15.5. The lowest BCUT2D eigenvalue weighted by molar-refractivity contribution is 0.0951. The van der Waals surface area contributed by atoms with E-state index in [0.717, 1.165) is 36.2 Å². The van der Waals surface area contributed by atoms with E-state index in [9.17, 15) is 4.79 Å². The number of halogens is 1. The Morgan fingerprint density at radius 3 is 3.04 bits per heavy atom. The maximum atomic E-state index is 12.4. The number of hydrogen-bond acceptors (Lipinski definition) is 4. The number of hydrogen-bond donors (Lipinski definition) is 1. The number of hydrazone groups is 1. The minimum atomic E-state index is -0.361. The Morgan fingerprint density at radius 2 is 2.22 bits per heavy atom. The van der Waals surface area contributed by atoms with Crippen molar-refractivity contribution in [3.05, 3.63) is 58.4 Å². The Bertz CT molecular complexity index is 774. The number of ether oxygens (including phenoxy) is 1. The number of amides is 1. The number of nitrogens with zero attached hydrogens (tertiary/aromatic N) is 2. The van der Waals surface area contributed by atoms with E-state index in [1.165, 1.54) is 7.11 Å². The first-order valence-electron chi connectivity index (χ1n) is 7.33. The fraction of sp³-hybridized carbons (Fsp3) is 0.235. The van der Waals surface area contributed by atoms with Crippen molar-refractivity contribution in [2.75, 3.05) is 7.11 Å². The van der Waals surface area contributed by atoms with Gasteiger partial charge in [0.15, 0.2) is 0 Å². The topological polar surface area (TPSA) is 63.6 Å². The molecule has 23 heavy (non-hydrogen) atoms. The van der Waals surface area contributed by atoms with E-state index in [2.05, 4.69) is 15.5 Å². The Balaban J connectivity index is 1.84. The molecule has 0 saturated carbocycles. The first-order chi connectivity index (χ1) is 11.2. The molecule has 118 valence electrons. The summed E-state index contributed by atoms with van der Waals surface area (Å²) < 4.78 is 5.19. The number of pyridine rings is 1. The normalized spacial score (nSPS) is 15.1. The maximum Gasteiger partial charge on any atom is 0.275 e. The molecule has 0 fully saturated rings. The zero-order valence-electron chi connectivity index (χ0n) is 12.7. The molecule has 1 amide bonds. The summed E-state index contributed by atoms with van der Waals surface area (Å²) in [4.78, 5) is 16.7. The zero-order valence-corrected chi connectivity index (χ0v) is 13.4. The third-order valence-corrected chi connectivity index (χ3v) is 3.96. The van der Waals surface area contributed by atoms with Gasteiger partial charge in [-0.1, -0.05) is 17.7 Å². The summed E-state index contributed by atoms with van der Waals surface area (Å²) in [6.45, 7) is 0. The van der Waals surface area contributed by atoms with E-state index in [0.29, 0.717) is 16.3 Å². The van der Waals surface area contributed by atoms with Gasteiger partial charge in [-0.15, -0.1) is 0 Å². The summed E-state index contributed by atoms with van der Waals surface area (Å²) in [7, 11) is 1.51. The van der Waals surface area contributed by atoms with Crippen molar-refractivity contribution in [1.82, 2.24) is 10.4 Å². The van der Waals surface area contributed by atoms with Gasteiger partial charge in [-0.3, -0.25) is 9.78 Å². The molecule has 6 heteroatoms. The minimum Gasteiger partial charge on any atom is -0.496 e. The smallest absolute Gasteiger partial charge is 0.275 e. The van der Waals surface area contributed by atoms with Crippen LogP contribution in [0.5, 0.6) is 5.75 Å². The van der Waals surface area contributed by atoms with Crippen LogP contribution in [0.1, 0.15) is 34.5 Å². The predicted molar refractivity (Wildman–Crippen MR) is 89.2 cm³/mol. The molecule has 1 aromatic heterocycles. The SMILES string of the molecule is COc1ccc(Cl)cc1C(=O)N/N=C1\CCCc2cccnc21. The molecular formula is C17H16ClN3O2. The molecule has 5 nitrogen and oxygen atoms in total. The van der Waals surface area contributed by atoms with Gasteiger partial charge < -0.3 is 4.74 Å². The van der Waals surface area contributed by atoms with E-state index in [1.807, 2.05) is 12.1 Å². The van der Waals surface area contributed by atoms with Crippen LogP contribution < -0.4 is 10.2 Å². The molecule has 3 rings (SSSR count). The number of nitrogens with one attached hydrogen (secondary N) is 1. The molecule has 0 radical (unpaired) electrons. The molecular weight excluding hydrogens is 314 g/mol. The summed E-state index contributed by atoms with van der Waals surface area (Å²) in [6, 6.07) is 8.84. The van der Waals surface area contributed by atoms with Gasteiger partial charge in [0.05, 0.1) is 24.1 Å². The Labute approximate surface area is 139 Å². The quantitative estimate of drug-likeness (QED) is 0.879. The average Bonchev–Trinajstić information content (AvgIpc) is 2.59. The summed E-state index contributed by atoms with van der Waals surface area (Å²) >= 11 is 5.95. The van der Waals surface area contributed by atoms with E-state index >= 15 is 0 Å². The van der Waals surface area contributed by atoms with Gasteiger partial charge in [0, 0.05) is 11.2 Å². The Kier molecular flexibility index (Phi) is 4.57. The first-order valence-corrected chi connectivity index (χ1v) is 7.71. The highest BCUT2D eigenvalue weighted by molar-refractivity contribution is 6.31. The van der Waals surface area contributed by atoms with Gasteiger partial charge in [-0.25, -0.2) is 5.43 Å². The zero-order chi connectivity index (χ0) is 16.2. The molecule has 0 saturated heterocycles. The lowest BCUT2D eigenvalue weighted by Crippen LogP contribution is -2.23. The van der Waals surface area contributed by atoms with Crippen LogP contribution in [0.2, 0.25) is 5.02 Å². The lowest BCUT2D eigenvalue weighted by Gasteiger charge is -2.16. The van der Waals surface area contributed by atoms with Gasteiger partial charge in [-0.05, 0) is 49.1 Å². The van der Waals surface area contributed by atoms with Crippen molar-refractivity contribution in [3.8, 4) is 5.75 Å². The van der Waals surface area contributed by atoms with Gasteiger partial charge in [0.1, 0.15) is 5.75 Å². The van der Waals surface area contributed by atoms with Crippen LogP contribution >= 0.6 is 11.6 Å². The Morgan fingerprint density at radius 1 is 1.35 bits per heavy atom. The van der Waals surface area contributed by atoms with E-state index in [4.69, 9.17) is 16.3 Å². The summed E-state index contributed by atoms with van der Waals surface area (Å²) in [5, 5.41) is 4.73. The van der Waals surface area contributed by atoms with Gasteiger partial charge in [0.25, 0.3) is 5.91 Å². The fourth-order valence-electron chi connectivity index (χ4n) is 2.61. The maximum absolute atomic E-state index is 12.4. The monoisotopic (exact) mass is 329 g/mol. The van der Waals surface area contributed by atoms with Crippen LogP contribution in [0.3, 0.4) is 0 Å². The molecule has 0 spiro atoms. The second-order valence-electron chi connectivity index (χ2n) is 5.21. The van der Waals surface area contributed by atoms with Crippen molar-refractivity contribution >= 4 is 23.2 Å². The van der Waals surface area contributed by atoms with Crippen LogP contribution in [0.25, 0.3) is 0 Å². The highest BCUT2D eigenvalue weighted by Crippen LogP contribution is 2.23. The van der Waals surface area contributed by atoms with E-state index < -0.39 is 0 Å². The van der Waals surface area contributed by atoms with Gasteiger partial charge in [-0.2, -0.15) is 5.10 Å².